The monoisotopic (exact) mass is 94.1 g/mol. The largest absolute Gasteiger partial charge is 0.269 e. The molecule has 0 fully saturated rings. The Morgan fingerprint density at radius 3 is 1.00 bits per heavy atom. The first kappa shape index (κ1) is 8.94. The van der Waals surface area contributed by atoms with Crippen LogP contribution in [0.25, 0.3) is 0 Å². The van der Waals surface area contributed by atoms with Gasteiger partial charge in [0.1, 0.15) is 0 Å². The Morgan fingerprint density at radius 2 is 1.00 bits per heavy atom. The van der Waals surface area contributed by atoms with Crippen molar-refractivity contribution in [1.82, 2.24) is 0 Å². The molecule has 0 aliphatic rings. The van der Waals surface area contributed by atoms with Gasteiger partial charge in [-0.05, 0) is 0 Å². The maximum atomic E-state index is 2.31. The highest BCUT2D eigenvalue weighted by Crippen LogP contribution is 1.68. The molecular formula is C3H11FSi. The van der Waals surface area contributed by atoms with Crippen molar-refractivity contribution in [3.05, 3.63) is 0 Å². The first-order valence-electron chi connectivity index (χ1n) is 1.73. The third-order valence-corrected chi connectivity index (χ3v) is 0. The molecule has 2 heteroatoms. The van der Waals surface area contributed by atoms with E-state index in [1.54, 1.807) is 0 Å². The van der Waals surface area contributed by atoms with Crippen LogP contribution >= 0.6 is 0 Å². The maximum absolute atomic E-state index is 2.31. The van der Waals surface area contributed by atoms with Crippen LogP contribution in [0.3, 0.4) is 0 Å². The second-order valence-corrected chi connectivity index (χ2v) is 5.20. The molecule has 0 unspecified atom stereocenters. The summed E-state index contributed by atoms with van der Waals surface area (Å²) in [5, 5.41) is 0. The standard InChI is InChI=1S/C3H10Si.FH/c1-4(2)3;/h4H,1-3H3;1H. The van der Waals surface area contributed by atoms with Crippen LogP contribution in [0.5, 0.6) is 0 Å². The van der Waals surface area contributed by atoms with E-state index in [0.29, 0.717) is 0 Å². The lowest BCUT2D eigenvalue weighted by Crippen LogP contribution is -1.84. The molecule has 0 aromatic carbocycles. The Labute approximate surface area is 34.2 Å². The van der Waals surface area contributed by atoms with E-state index < -0.39 is 0 Å². The summed E-state index contributed by atoms with van der Waals surface area (Å²) in [5.74, 6) is 0. The van der Waals surface area contributed by atoms with Gasteiger partial charge in [0.15, 0.2) is 0 Å². The second kappa shape index (κ2) is 4.15. The van der Waals surface area contributed by atoms with E-state index in [9.17, 15) is 0 Å². The van der Waals surface area contributed by atoms with Gasteiger partial charge >= 0.3 is 0 Å². The molecule has 0 rings (SSSR count). The molecule has 0 nitrogen and oxygen atoms in total. The SMILES string of the molecule is C[SiH](C)C.F. The predicted molar refractivity (Wildman–Crippen MR) is 27.2 cm³/mol. The average Bonchev–Trinajstić information content (AvgIpc) is 0.811. The van der Waals surface area contributed by atoms with Crippen molar-refractivity contribution >= 4 is 8.80 Å². The van der Waals surface area contributed by atoms with Gasteiger partial charge in [-0.3, -0.25) is 4.70 Å². The van der Waals surface area contributed by atoms with Crippen molar-refractivity contribution in [2.24, 2.45) is 0 Å². The van der Waals surface area contributed by atoms with Crippen molar-refractivity contribution in [1.29, 1.82) is 0 Å². The number of halogens is 1. The predicted octanol–water partition coefficient (Wildman–Crippen LogP) is 1.26. The van der Waals surface area contributed by atoms with Gasteiger partial charge in [0.05, 0.1) is 0 Å². The molecule has 0 aliphatic heterocycles. The normalized spacial score (nSPS) is 7.20. The first-order chi connectivity index (χ1) is 1.73. The Hall–Kier alpha value is 0.147. The van der Waals surface area contributed by atoms with Gasteiger partial charge in [-0.1, -0.05) is 19.6 Å². The van der Waals surface area contributed by atoms with Crippen LogP contribution < -0.4 is 0 Å². The average molecular weight is 94.2 g/mol. The second-order valence-electron chi connectivity index (χ2n) is 1.73. The summed E-state index contributed by atoms with van der Waals surface area (Å²) < 4.78 is 0. The Balaban J connectivity index is 0. The fraction of sp³-hybridized carbons (Fsp3) is 1.00. The van der Waals surface area contributed by atoms with Gasteiger partial charge in [0.25, 0.3) is 0 Å². The number of hydrogen-bond donors (Lipinski definition) is 0. The van der Waals surface area contributed by atoms with Crippen LogP contribution in [-0.2, 0) is 0 Å². The number of rotatable bonds is 0. The highest BCUT2D eigenvalue weighted by Gasteiger charge is 1.71. The van der Waals surface area contributed by atoms with Gasteiger partial charge in [-0.25, -0.2) is 0 Å². The highest BCUT2D eigenvalue weighted by atomic mass is 28.3. The molecule has 0 aliphatic carbocycles. The molecule has 0 radical (unpaired) electrons. The topological polar surface area (TPSA) is 0 Å². The van der Waals surface area contributed by atoms with Crippen LogP contribution in [-0.4, -0.2) is 8.80 Å². The fourth-order valence-electron chi connectivity index (χ4n) is 0. The van der Waals surface area contributed by atoms with E-state index >= 15 is 0 Å². The Bertz CT molecular complexity index is 11.6. The summed E-state index contributed by atoms with van der Waals surface area (Å²) in [7, 11) is -0.139. The van der Waals surface area contributed by atoms with Crippen molar-refractivity contribution in [3.8, 4) is 0 Å². The summed E-state index contributed by atoms with van der Waals surface area (Å²) in [4.78, 5) is 0. The molecule has 0 aromatic heterocycles. The van der Waals surface area contributed by atoms with Crippen LogP contribution in [0.15, 0.2) is 0 Å². The Kier molecular flexibility index (Phi) is 7.41. The van der Waals surface area contributed by atoms with Gasteiger partial charge < -0.3 is 0 Å². The van der Waals surface area contributed by atoms with E-state index in [1.807, 2.05) is 0 Å². The van der Waals surface area contributed by atoms with Crippen LogP contribution in [0.4, 0.5) is 4.70 Å². The third kappa shape index (κ3) is 886. The molecular weight excluding hydrogens is 83.1 g/mol. The quantitative estimate of drug-likeness (QED) is 0.396. The van der Waals surface area contributed by atoms with Crippen LogP contribution in [0, 0.1) is 0 Å². The fourth-order valence-corrected chi connectivity index (χ4v) is 0. The minimum absolute atomic E-state index is 0. The first-order valence-corrected chi connectivity index (χ1v) is 5.20. The summed E-state index contributed by atoms with van der Waals surface area (Å²) in [6, 6.07) is 0. The van der Waals surface area contributed by atoms with Crippen molar-refractivity contribution < 1.29 is 4.70 Å². The molecule has 0 bridgehead atoms. The van der Waals surface area contributed by atoms with E-state index in [1.165, 1.54) is 0 Å². The van der Waals surface area contributed by atoms with Crippen molar-refractivity contribution in [3.63, 3.8) is 0 Å². The smallest absolute Gasteiger partial charge is 0.0274 e. The van der Waals surface area contributed by atoms with Crippen molar-refractivity contribution in [2.75, 3.05) is 0 Å². The third-order valence-electron chi connectivity index (χ3n) is 0. The zero-order valence-electron chi connectivity index (χ0n) is 3.99. The molecule has 0 spiro atoms. The van der Waals surface area contributed by atoms with E-state index in [2.05, 4.69) is 19.6 Å². The van der Waals surface area contributed by atoms with Crippen LogP contribution in [0.1, 0.15) is 0 Å². The highest BCUT2D eigenvalue weighted by molar-refractivity contribution is 6.54. The number of hydrogen-bond acceptors (Lipinski definition) is 0. The van der Waals surface area contributed by atoms with Gasteiger partial charge in [-0.2, -0.15) is 0 Å². The Morgan fingerprint density at radius 1 is 1.00 bits per heavy atom. The lowest BCUT2D eigenvalue weighted by Gasteiger charge is -1.75. The van der Waals surface area contributed by atoms with Crippen LogP contribution in [0.2, 0.25) is 19.6 Å². The summed E-state index contributed by atoms with van der Waals surface area (Å²) in [5.41, 5.74) is 0. The molecule has 0 saturated heterocycles. The molecule has 0 saturated carbocycles. The van der Waals surface area contributed by atoms with Gasteiger partial charge in [0, 0.05) is 8.80 Å². The van der Waals surface area contributed by atoms with E-state index in [0.717, 1.165) is 0 Å². The maximum Gasteiger partial charge on any atom is 0.0274 e. The minimum Gasteiger partial charge on any atom is -0.269 e. The lowest BCUT2D eigenvalue weighted by molar-refractivity contribution is 1.11. The summed E-state index contributed by atoms with van der Waals surface area (Å²) in [6.07, 6.45) is 0. The molecule has 34 valence electrons. The molecule has 0 heterocycles. The molecule has 5 heavy (non-hydrogen) atoms. The molecule has 0 N–H and O–H groups in total. The molecule has 0 aromatic rings. The molecule has 0 amide bonds. The zero-order valence-corrected chi connectivity index (χ0v) is 5.14. The van der Waals surface area contributed by atoms with E-state index in [-0.39, 0.29) is 13.5 Å². The lowest BCUT2D eigenvalue weighted by atomic mass is 11.8. The summed E-state index contributed by atoms with van der Waals surface area (Å²) in [6.45, 7) is 6.92. The van der Waals surface area contributed by atoms with Crippen molar-refractivity contribution in [2.45, 2.75) is 19.6 Å². The van der Waals surface area contributed by atoms with E-state index in [4.69, 9.17) is 0 Å². The van der Waals surface area contributed by atoms with Gasteiger partial charge in [0.2, 0.25) is 0 Å². The minimum atomic E-state index is -0.139. The summed E-state index contributed by atoms with van der Waals surface area (Å²) >= 11 is 0. The van der Waals surface area contributed by atoms with Gasteiger partial charge in [-0.15, -0.1) is 0 Å². The zero-order chi connectivity index (χ0) is 3.58. The molecule has 0 atom stereocenters.